The Morgan fingerprint density at radius 3 is 2.80 bits per heavy atom. The van der Waals surface area contributed by atoms with E-state index in [2.05, 4.69) is 30.0 Å². The smallest absolute Gasteiger partial charge is 0.0408 e. The summed E-state index contributed by atoms with van der Waals surface area (Å²) in [4.78, 5) is 2.65. The molecule has 1 aliphatic heterocycles. The number of nitrogens with two attached hydrogens (primary N) is 1. The Morgan fingerprint density at radius 1 is 1.35 bits per heavy atom. The van der Waals surface area contributed by atoms with Crippen molar-refractivity contribution in [1.82, 2.24) is 4.90 Å². The van der Waals surface area contributed by atoms with Gasteiger partial charge in [0.25, 0.3) is 0 Å². The molecule has 2 nitrogen and oxygen atoms in total. The highest BCUT2D eigenvalue weighted by Crippen LogP contribution is 2.39. The highest BCUT2D eigenvalue weighted by atomic mass is 35.5. The summed E-state index contributed by atoms with van der Waals surface area (Å²) in [6.07, 6.45) is 5.15. The van der Waals surface area contributed by atoms with Crippen LogP contribution in [0.5, 0.6) is 0 Å². The molecule has 1 saturated carbocycles. The van der Waals surface area contributed by atoms with Gasteiger partial charge in [-0.15, -0.1) is 0 Å². The van der Waals surface area contributed by atoms with E-state index in [9.17, 15) is 0 Å². The second kappa shape index (κ2) is 6.05. The van der Waals surface area contributed by atoms with Gasteiger partial charge < -0.3 is 5.73 Å². The number of hydrogen-bond donors (Lipinski definition) is 1. The highest BCUT2D eigenvalue weighted by Gasteiger charge is 2.37. The van der Waals surface area contributed by atoms with Crippen molar-refractivity contribution in [2.75, 3.05) is 13.1 Å². The fourth-order valence-electron chi connectivity index (χ4n) is 3.82. The van der Waals surface area contributed by atoms with Gasteiger partial charge in [0.15, 0.2) is 0 Å². The summed E-state index contributed by atoms with van der Waals surface area (Å²) in [5, 5.41) is 0.836. The van der Waals surface area contributed by atoms with Crippen LogP contribution in [0.2, 0.25) is 5.02 Å². The first-order valence-corrected chi connectivity index (χ1v) is 8.30. The van der Waals surface area contributed by atoms with Gasteiger partial charge in [0.05, 0.1) is 0 Å². The Labute approximate surface area is 127 Å². The lowest BCUT2D eigenvalue weighted by Crippen LogP contribution is -2.50. The summed E-state index contributed by atoms with van der Waals surface area (Å²) in [5.41, 5.74) is 7.68. The molecule has 3 rings (SSSR count). The highest BCUT2D eigenvalue weighted by molar-refractivity contribution is 6.30. The predicted molar refractivity (Wildman–Crippen MR) is 85.2 cm³/mol. The van der Waals surface area contributed by atoms with E-state index in [1.165, 1.54) is 24.8 Å². The molecular formula is C17H25ClN2. The molecule has 0 bridgehead atoms. The van der Waals surface area contributed by atoms with Gasteiger partial charge in [-0.3, -0.25) is 4.90 Å². The van der Waals surface area contributed by atoms with Crippen molar-refractivity contribution in [3.63, 3.8) is 0 Å². The molecule has 0 aromatic heterocycles. The first-order valence-electron chi connectivity index (χ1n) is 7.92. The monoisotopic (exact) mass is 292 g/mol. The molecular weight excluding hydrogens is 268 g/mol. The van der Waals surface area contributed by atoms with E-state index in [0.29, 0.717) is 12.0 Å². The summed E-state index contributed by atoms with van der Waals surface area (Å²) >= 11 is 6.14. The Morgan fingerprint density at radius 2 is 2.15 bits per heavy atom. The van der Waals surface area contributed by atoms with Crippen molar-refractivity contribution in [3.05, 3.63) is 34.9 Å². The number of halogens is 1. The first kappa shape index (κ1) is 14.4. The van der Waals surface area contributed by atoms with E-state index in [1.54, 1.807) is 0 Å². The fraction of sp³-hybridized carbons (Fsp3) is 0.647. The second-order valence-corrected chi connectivity index (χ2v) is 6.95. The minimum atomic E-state index is 0.292. The number of benzene rings is 1. The van der Waals surface area contributed by atoms with Crippen molar-refractivity contribution >= 4 is 11.6 Å². The molecule has 3 atom stereocenters. The molecule has 0 radical (unpaired) electrons. The van der Waals surface area contributed by atoms with Crippen molar-refractivity contribution in [1.29, 1.82) is 0 Å². The van der Waals surface area contributed by atoms with Crippen LogP contribution in [-0.2, 0) is 0 Å². The van der Waals surface area contributed by atoms with Crippen molar-refractivity contribution in [3.8, 4) is 0 Å². The van der Waals surface area contributed by atoms with Crippen LogP contribution in [0, 0.1) is 5.92 Å². The van der Waals surface area contributed by atoms with Crippen molar-refractivity contribution in [2.45, 2.75) is 50.6 Å². The lowest BCUT2D eigenvalue weighted by molar-refractivity contribution is 0.116. The second-order valence-electron chi connectivity index (χ2n) is 6.51. The summed E-state index contributed by atoms with van der Waals surface area (Å²) < 4.78 is 0. The molecule has 3 unspecified atom stereocenters. The van der Waals surface area contributed by atoms with Crippen LogP contribution in [0.25, 0.3) is 0 Å². The quantitative estimate of drug-likeness (QED) is 0.918. The molecule has 1 aromatic carbocycles. The van der Waals surface area contributed by atoms with Gasteiger partial charge in [0.2, 0.25) is 0 Å². The topological polar surface area (TPSA) is 29.3 Å². The number of hydrogen-bond acceptors (Lipinski definition) is 2. The Hall–Kier alpha value is -0.570. The van der Waals surface area contributed by atoms with Gasteiger partial charge in [-0.25, -0.2) is 0 Å². The molecule has 1 aliphatic carbocycles. The van der Waals surface area contributed by atoms with Gasteiger partial charge in [-0.05, 0) is 55.2 Å². The van der Waals surface area contributed by atoms with Gasteiger partial charge in [-0.1, -0.05) is 30.7 Å². The van der Waals surface area contributed by atoms with Gasteiger partial charge in [0, 0.05) is 30.2 Å². The number of nitrogens with zero attached hydrogens (tertiary/aromatic N) is 1. The van der Waals surface area contributed by atoms with Crippen LogP contribution in [0.4, 0.5) is 0 Å². The predicted octanol–water partition coefficient (Wildman–Crippen LogP) is 3.65. The third-order valence-electron chi connectivity index (χ3n) is 4.88. The number of piperidine rings is 1. The normalized spacial score (nSPS) is 29.4. The maximum absolute atomic E-state index is 6.33. The maximum atomic E-state index is 6.33. The minimum Gasteiger partial charge on any atom is -0.327 e. The van der Waals surface area contributed by atoms with E-state index in [1.807, 2.05) is 6.07 Å². The fourth-order valence-corrected chi connectivity index (χ4v) is 4.02. The zero-order valence-electron chi connectivity index (χ0n) is 12.3. The van der Waals surface area contributed by atoms with Gasteiger partial charge >= 0.3 is 0 Å². The van der Waals surface area contributed by atoms with Crippen LogP contribution in [0.1, 0.15) is 44.1 Å². The van der Waals surface area contributed by atoms with E-state index in [-0.39, 0.29) is 0 Å². The molecule has 3 heteroatoms. The van der Waals surface area contributed by atoms with Crippen LogP contribution in [0.3, 0.4) is 0 Å². The zero-order chi connectivity index (χ0) is 14.1. The van der Waals surface area contributed by atoms with Crippen LogP contribution < -0.4 is 5.73 Å². The van der Waals surface area contributed by atoms with Crippen molar-refractivity contribution in [2.24, 2.45) is 11.7 Å². The number of likely N-dealkylation sites (tertiary alicyclic amines) is 1. The molecule has 20 heavy (non-hydrogen) atoms. The molecule has 2 fully saturated rings. The van der Waals surface area contributed by atoms with Crippen LogP contribution in [0.15, 0.2) is 24.3 Å². The van der Waals surface area contributed by atoms with Gasteiger partial charge in [0.1, 0.15) is 0 Å². The third kappa shape index (κ3) is 3.19. The Kier molecular flexibility index (Phi) is 4.34. The van der Waals surface area contributed by atoms with E-state index in [4.69, 9.17) is 17.3 Å². The van der Waals surface area contributed by atoms with Gasteiger partial charge in [-0.2, -0.15) is 0 Å². The summed E-state index contributed by atoms with van der Waals surface area (Å²) in [5.74, 6) is 1.45. The Balaban J connectivity index is 1.75. The molecule has 1 aromatic rings. The first-order chi connectivity index (χ1) is 9.67. The molecule has 1 heterocycles. The average molecular weight is 293 g/mol. The minimum absolute atomic E-state index is 0.292. The average Bonchev–Trinajstić information content (AvgIpc) is 3.24. The summed E-state index contributed by atoms with van der Waals surface area (Å²) in [7, 11) is 0. The molecule has 2 N–H and O–H groups in total. The third-order valence-corrected chi connectivity index (χ3v) is 5.12. The van der Waals surface area contributed by atoms with E-state index in [0.717, 1.165) is 36.5 Å². The van der Waals surface area contributed by atoms with Crippen molar-refractivity contribution < 1.29 is 0 Å². The molecule has 0 spiro atoms. The Bertz CT molecular complexity index is 458. The largest absolute Gasteiger partial charge is 0.327 e. The molecule has 2 aliphatic rings. The standard InChI is InChI=1S/C17H25ClN2/c1-2-17(12-6-7-12)20-10-14(9-16(19)11-20)13-4-3-5-15(18)8-13/h3-5,8,12,14,16-17H,2,6-7,9-11,19H2,1H3. The SMILES string of the molecule is CCC(C1CC1)N1CC(N)CC(c2cccc(Cl)c2)C1. The maximum Gasteiger partial charge on any atom is 0.0408 e. The zero-order valence-corrected chi connectivity index (χ0v) is 13.0. The molecule has 1 saturated heterocycles. The summed E-state index contributed by atoms with van der Waals surface area (Å²) in [6.45, 7) is 4.52. The van der Waals surface area contributed by atoms with Crippen LogP contribution >= 0.6 is 11.6 Å². The van der Waals surface area contributed by atoms with Crippen LogP contribution in [-0.4, -0.2) is 30.1 Å². The lowest BCUT2D eigenvalue weighted by Gasteiger charge is -2.41. The molecule has 110 valence electrons. The lowest BCUT2D eigenvalue weighted by atomic mass is 9.87. The summed E-state index contributed by atoms with van der Waals surface area (Å²) in [6, 6.07) is 9.35. The number of rotatable bonds is 4. The van der Waals surface area contributed by atoms with E-state index < -0.39 is 0 Å². The molecule has 0 amide bonds. The van der Waals surface area contributed by atoms with E-state index >= 15 is 0 Å².